The molecule has 1 nitrogen and oxygen atoms in total. The number of benzene rings is 1. The Kier molecular flexibility index (Phi) is 5.62. The van der Waals surface area contributed by atoms with Crippen LogP contribution in [0.25, 0.3) is 0 Å². The maximum absolute atomic E-state index is 5.68. The monoisotopic (exact) mass is 177 g/mol. The van der Waals surface area contributed by atoms with Gasteiger partial charge in [0.05, 0.1) is 0 Å². The molecule has 0 aliphatic rings. The van der Waals surface area contributed by atoms with Gasteiger partial charge in [-0.25, -0.2) is 12.2 Å². The molecule has 0 fully saturated rings. The van der Waals surface area contributed by atoms with Gasteiger partial charge in [0.15, 0.2) is 0 Å². The normalized spacial score (nSPS) is 8.09. The molecule has 0 radical (unpaired) electrons. The van der Waals surface area contributed by atoms with Crippen LogP contribution in [0.4, 0.5) is 5.69 Å². The minimum absolute atomic E-state index is 0. The Hall–Kier alpha value is -0.00260. The van der Waals surface area contributed by atoms with E-state index in [2.05, 4.69) is 23.0 Å². The van der Waals surface area contributed by atoms with E-state index in [0.29, 0.717) is 5.02 Å². The maximum Gasteiger partial charge on any atom is 1.00 e. The molecule has 1 N–H and O–H groups in total. The summed E-state index contributed by atoms with van der Waals surface area (Å²) in [5, 5.41) is 3.42. The number of thiocarbonyl (C=S) groups is 1. The summed E-state index contributed by atoms with van der Waals surface area (Å²) >= 11 is 10.2. The number of hydrogen-bond acceptors (Lipinski definition) is 1. The molecule has 0 amide bonds. The summed E-state index contributed by atoms with van der Waals surface area (Å²) in [6.45, 7) is 0. The van der Waals surface area contributed by atoms with Gasteiger partial charge < -0.3 is 5.32 Å². The van der Waals surface area contributed by atoms with Gasteiger partial charge in [0.25, 0.3) is 0 Å². The minimum Gasteiger partial charge on any atom is -0.515 e. The molecule has 0 unspecified atom stereocenters. The average Bonchev–Trinajstić information content (AvgIpc) is 1.88. The molecule has 0 spiro atoms. The van der Waals surface area contributed by atoms with Crippen molar-refractivity contribution in [1.29, 1.82) is 0 Å². The fourth-order valence-corrected chi connectivity index (χ4v) is 0.933. The zero-order chi connectivity index (χ0) is 7.40. The van der Waals surface area contributed by atoms with E-state index in [9.17, 15) is 0 Å². The third-order valence-corrected chi connectivity index (χ3v) is 1.36. The first-order valence-corrected chi connectivity index (χ1v) is 3.50. The van der Waals surface area contributed by atoms with Gasteiger partial charge in [-0.1, -0.05) is 17.7 Å². The van der Waals surface area contributed by atoms with E-state index in [1.54, 1.807) is 12.1 Å². The molecule has 0 aliphatic heterocycles. The predicted molar refractivity (Wildman–Crippen MR) is 47.7 cm³/mol. The molecular weight excluding hydrogens is 173 g/mol. The Morgan fingerprint density at radius 3 is 2.73 bits per heavy atom. The van der Waals surface area contributed by atoms with E-state index in [1.165, 1.54) is 0 Å². The van der Waals surface area contributed by atoms with Crippen LogP contribution in [0.5, 0.6) is 0 Å². The van der Waals surface area contributed by atoms with Crippen LogP contribution in [0.3, 0.4) is 0 Å². The predicted octanol–water partition coefficient (Wildman–Crippen LogP) is -0.410. The molecule has 1 aromatic carbocycles. The Morgan fingerprint density at radius 2 is 2.18 bits per heavy atom. The minimum atomic E-state index is 0. The van der Waals surface area contributed by atoms with E-state index in [1.807, 2.05) is 12.1 Å². The Bertz CT molecular complexity index is 242. The van der Waals surface area contributed by atoms with Crippen molar-refractivity contribution in [2.75, 3.05) is 5.32 Å². The fraction of sp³-hybridized carbons (Fsp3) is 0. The number of halogens is 1. The number of anilines is 1. The van der Waals surface area contributed by atoms with Crippen molar-refractivity contribution in [3.05, 3.63) is 29.3 Å². The van der Waals surface area contributed by atoms with Gasteiger partial charge in [-0.05, 0) is 6.07 Å². The summed E-state index contributed by atoms with van der Waals surface area (Å²) in [7, 11) is 0. The zero-order valence-corrected chi connectivity index (χ0v) is 7.67. The molecular formula is C7H5ClLiNS. The molecule has 0 aliphatic carbocycles. The van der Waals surface area contributed by atoms with Crippen LogP contribution in [-0.4, -0.2) is 5.49 Å². The summed E-state index contributed by atoms with van der Waals surface area (Å²) < 4.78 is 0. The molecule has 1 rings (SSSR count). The van der Waals surface area contributed by atoms with Gasteiger partial charge in [0.2, 0.25) is 0 Å². The molecule has 0 saturated carbocycles. The van der Waals surface area contributed by atoms with Crippen LogP contribution < -0.4 is 24.2 Å². The second-order valence-corrected chi connectivity index (χ2v) is 2.38. The Morgan fingerprint density at radius 1 is 1.45 bits per heavy atom. The van der Waals surface area contributed by atoms with Gasteiger partial charge in [0.1, 0.15) is 0 Å². The van der Waals surface area contributed by atoms with Crippen LogP contribution in [-0.2, 0) is 0 Å². The van der Waals surface area contributed by atoms with Gasteiger partial charge in [-0.15, -0.1) is 23.3 Å². The van der Waals surface area contributed by atoms with Gasteiger partial charge in [-0.3, -0.25) is 0 Å². The average molecular weight is 178 g/mol. The first-order valence-electron chi connectivity index (χ1n) is 2.71. The molecule has 0 saturated heterocycles. The molecule has 52 valence electrons. The van der Waals surface area contributed by atoms with Crippen molar-refractivity contribution in [3.8, 4) is 0 Å². The third kappa shape index (κ3) is 3.79. The van der Waals surface area contributed by atoms with E-state index in [4.69, 9.17) is 11.6 Å². The standard InChI is InChI=1S/C7H5ClNS.Li/c8-6-2-1-3-7(4-6)9-5-10;/h1-4H,(H,9,10);/q-1;+1. The molecule has 0 atom stereocenters. The Balaban J connectivity index is 0.000001000. The summed E-state index contributed by atoms with van der Waals surface area (Å²) in [6, 6.07) is 7.29. The van der Waals surface area contributed by atoms with Crippen molar-refractivity contribution in [3.63, 3.8) is 0 Å². The zero-order valence-electron chi connectivity index (χ0n) is 6.10. The van der Waals surface area contributed by atoms with Gasteiger partial charge >= 0.3 is 18.9 Å². The van der Waals surface area contributed by atoms with Crippen molar-refractivity contribution >= 4 is 35.0 Å². The summed E-state index contributed by atoms with van der Waals surface area (Å²) in [6.07, 6.45) is 0. The largest absolute Gasteiger partial charge is 1.00 e. The van der Waals surface area contributed by atoms with Crippen molar-refractivity contribution in [2.45, 2.75) is 0 Å². The second kappa shape index (κ2) is 5.62. The summed E-state index contributed by atoms with van der Waals surface area (Å²) in [5.41, 5.74) is 3.25. The first-order chi connectivity index (χ1) is 4.83. The van der Waals surface area contributed by atoms with Crippen LogP contribution in [0, 0.1) is 0 Å². The Labute approximate surface area is 88.3 Å². The smallest absolute Gasteiger partial charge is 0.515 e. The molecule has 0 bridgehead atoms. The quantitative estimate of drug-likeness (QED) is 0.285. The second-order valence-electron chi connectivity index (χ2n) is 1.74. The topological polar surface area (TPSA) is 12.0 Å². The number of rotatable bonds is 2. The SMILES string of the molecule is S=[C-]Nc1cccc(Cl)c1.[Li+]. The first kappa shape index (κ1) is 11.0. The van der Waals surface area contributed by atoms with Crippen LogP contribution >= 0.6 is 23.8 Å². The van der Waals surface area contributed by atoms with Gasteiger partial charge in [-0.2, -0.15) is 0 Å². The van der Waals surface area contributed by atoms with Crippen molar-refractivity contribution in [2.24, 2.45) is 0 Å². The molecule has 11 heavy (non-hydrogen) atoms. The van der Waals surface area contributed by atoms with Crippen LogP contribution in [0.15, 0.2) is 24.3 Å². The summed E-state index contributed by atoms with van der Waals surface area (Å²) in [4.78, 5) is 0. The van der Waals surface area contributed by atoms with Crippen molar-refractivity contribution < 1.29 is 18.9 Å². The summed E-state index contributed by atoms with van der Waals surface area (Å²) in [5.74, 6) is 0. The van der Waals surface area contributed by atoms with E-state index >= 15 is 0 Å². The van der Waals surface area contributed by atoms with Gasteiger partial charge in [0, 0.05) is 5.02 Å². The van der Waals surface area contributed by atoms with E-state index in [0.717, 1.165) is 5.69 Å². The molecule has 4 heteroatoms. The molecule has 0 heterocycles. The van der Waals surface area contributed by atoms with Crippen LogP contribution in [0.1, 0.15) is 0 Å². The van der Waals surface area contributed by atoms with Crippen molar-refractivity contribution in [1.82, 2.24) is 0 Å². The van der Waals surface area contributed by atoms with E-state index in [-0.39, 0.29) is 18.9 Å². The molecule has 0 aromatic heterocycles. The molecule has 1 aromatic rings. The number of hydrogen-bond donors (Lipinski definition) is 1. The van der Waals surface area contributed by atoms with E-state index < -0.39 is 0 Å². The fourth-order valence-electron chi connectivity index (χ4n) is 0.625. The number of nitrogens with one attached hydrogen (secondary N) is 1. The third-order valence-electron chi connectivity index (χ3n) is 1.02. The van der Waals surface area contributed by atoms with Crippen LogP contribution in [0.2, 0.25) is 5.02 Å². The maximum atomic E-state index is 5.68.